The third-order valence-electron chi connectivity index (χ3n) is 3.40. The lowest BCUT2D eigenvalue weighted by Crippen LogP contribution is -2.28. The highest BCUT2D eigenvalue weighted by Gasteiger charge is 2.11. The molecule has 0 spiro atoms. The number of benzene rings is 1. The van der Waals surface area contributed by atoms with Gasteiger partial charge in [-0.1, -0.05) is 12.1 Å². The summed E-state index contributed by atoms with van der Waals surface area (Å²) >= 11 is 0. The van der Waals surface area contributed by atoms with Crippen LogP contribution in [0, 0.1) is 0 Å². The van der Waals surface area contributed by atoms with Gasteiger partial charge in [-0.3, -0.25) is 9.78 Å². The first kappa shape index (κ1) is 22.3. The van der Waals surface area contributed by atoms with Crippen LogP contribution in [-0.2, 0) is 16.0 Å². The first-order valence-corrected chi connectivity index (χ1v) is 7.22. The summed E-state index contributed by atoms with van der Waals surface area (Å²) in [4.78, 5) is 15.9. The molecule has 0 aliphatic rings. The Balaban J connectivity index is 0.00000264. The lowest BCUT2D eigenvalue weighted by molar-refractivity contribution is -0.118. The Bertz CT molecular complexity index is 591. The van der Waals surface area contributed by atoms with Crippen molar-refractivity contribution < 1.29 is 9.53 Å². The van der Waals surface area contributed by atoms with E-state index in [9.17, 15) is 4.79 Å². The van der Waals surface area contributed by atoms with Gasteiger partial charge in [-0.15, -0.1) is 24.8 Å². The van der Waals surface area contributed by atoms with E-state index in [1.165, 1.54) is 11.1 Å². The molecule has 1 unspecified atom stereocenters. The highest BCUT2D eigenvalue weighted by atomic mass is 35.5. The van der Waals surface area contributed by atoms with Crippen LogP contribution in [0.5, 0.6) is 0 Å². The molecule has 0 saturated carbocycles. The lowest BCUT2D eigenvalue weighted by atomic mass is 10.1. The van der Waals surface area contributed by atoms with Crippen LogP contribution in [-0.4, -0.2) is 30.6 Å². The Morgan fingerprint density at radius 2 is 1.71 bits per heavy atom. The maximum absolute atomic E-state index is 11.9. The minimum atomic E-state index is -0.244. The molecular weight excluding hydrogens is 349 g/mol. The summed E-state index contributed by atoms with van der Waals surface area (Å²) in [6.07, 6.45) is 4.42. The molecule has 0 radical (unpaired) electrons. The largest absolute Gasteiger partial charge is 0.380 e. The maximum Gasteiger partial charge on any atom is 0.227 e. The zero-order valence-corrected chi connectivity index (χ0v) is 15.1. The molecule has 0 aliphatic heterocycles. The number of hydrogen-bond donors (Lipinski definition) is 2. The molecule has 2 aromatic rings. The van der Waals surface area contributed by atoms with Crippen LogP contribution in [0.1, 0.15) is 17.5 Å². The SMILES string of the molecule is COC(CN)CC(=O)Nc1ccc(Cc2ccncc2)cc1.Cl.Cl. The number of carbonyl (C=O) groups is 1. The van der Waals surface area contributed by atoms with E-state index in [1.54, 1.807) is 19.5 Å². The van der Waals surface area contributed by atoms with Gasteiger partial charge in [0.15, 0.2) is 0 Å². The summed E-state index contributed by atoms with van der Waals surface area (Å²) in [5.41, 5.74) is 8.67. The molecule has 3 N–H and O–H groups in total. The van der Waals surface area contributed by atoms with Gasteiger partial charge in [-0.05, 0) is 41.8 Å². The molecule has 0 saturated heterocycles. The normalized spacial score (nSPS) is 10.9. The summed E-state index contributed by atoms with van der Waals surface area (Å²) in [5, 5.41) is 2.85. The smallest absolute Gasteiger partial charge is 0.227 e. The monoisotopic (exact) mass is 371 g/mol. The van der Waals surface area contributed by atoms with Crippen molar-refractivity contribution in [2.45, 2.75) is 18.9 Å². The molecule has 0 aliphatic carbocycles. The summed E-state index contributed by atoms with van der Waals surface area (Å²) in [6.45, 7) is 0.328. The molecule has 1 atom stereocenters. The molecular formula is C17H23Cl2N3O2. The number of ether oxygens (including phenoxy) is 1. The number of amides is 1. The zero-order chi connectivity index (χ0) is 15.8. The highest BCUT2D eigenvalue weighted by molar-refractivity contribution is 5.91. The number of hydrogen-bond acceptors (Lipinski definition) is 4. The van der Waals surface area contributed by atoms with Crippen LogP contribution < -0.4 is 11.1 Å². The van der Waals surface area contributed by atoms with Gasteiger partial charge in [0.2, 0.25) is 5.91 Å². The van der Waals surface area contributed by atoms with Gasteiger partial charge in [-0.2, -0.15) is 0 Å². The maximum atomic E-state index is 11.9. The number of nitrogens with one attached hydrogen (secondary N) is 1. The number of halogens is 2. The van der Waals surface area contributed by atoms with Crippen LogP contribution in [0.15, 0.2) is 48.8 Å². The second-order valence-corrected chi connectivity index (χ2v) is 5.07. The molecule has 1 aromatic heterocycles. The van der Waals surface area contributed by atoms with E-state index in [-0.39, 0.29) is 43.2 Å². The number of carbonyl (C=O) groups excluding carboxylic acids is 1. The quantitative estimate of drug-likeness (QED) is 0.784. The average molecular weight is 372 g/mol. The molecule has 2 rings (SSSR count). The molecule has 7 heteroatoms. The fourth-order valence-electron chi connectivity index (χ4n) is 2.12. The number of anilines is 1. The summed E-state index contributed by atoms with van der Waals surface area (Å²) in [7, 11) is 1.55. The van der Waals surface area contributed by atoms with Gasteiger partial charge in [0.1, 0.15) is 0 Å². The van der Waals surface area contributed by atoms with Gasteiger partial charge < -0.3 is 15.8 Å². The summed E-state index contributed by atoms with van der Waals surface area (Å²) < 4.78 is 5.10. The van der Waals surface area contributed by atoms with Crippen molar-refractivity contribution in [1.82, 2.24) is 4.98 Å². The van der Waals surface area contributed by atoms with Gasteiger partial charge in [0.25, 0.3) is 0 Å². The van der Waals surface area contributed by atoms with Crippen molar-refractivity contribution >= 4 is 36.4 Å². The van der Waals surface area contributed by atoms with Gasteiger partial charge in [-0.25, -0.2) is 0 Å². The second kappa shape index (κ2) is 11.8. The molecule has 5 nitrogen and oxygen atoms in total. The molecule has 1 amide bonds. The average Bonchev–Trinajstić information content (AvgIpc) is 2.55. The van der Waals surface area contributed by atoms with E-state index in [2.05, 4.69) is 10.3 Å². The van der Waals surface area contributed by atoms with Crippen molar-refractivity contribution in [3.63, 3.8) is 0 Å². The minimum Gasteiger partial charge on any atom is -0.380 e. The standard InChI is InChI=1S/C17H21N3O2.2ClH/c1-22-16(12-18)11-17(21)20-15-4-2-13(3-5-15)10-14-6-8-19-9-7-14;;/h2-9,16H,10-12,18H2,1H3,(H,20,21);2*1H. The predicted octanol–water partition coefficient (Wildman–Crippen LogP) is 2.82. The fourth-order valence-corrected chi connectivity index (χ4v) is 2.12. The van der Waals surface area contributed by atoms with E-state index in [0.29, 0.717) is 6.54 Å². The number of aromatic nitrogens is 1. The molecule has 1 aromatic carbocycles. The Kier molecular flexibility index (Phi) is 11.0. The number of methoxy groups -OCH3 is 1. The molecule has 0 bridgehead atoms. The van der Waals surface area contributed by atoms with Crippen molar-refractivity contribution in [3.8, 4) is 0 Å². The van der Waals surface area contributed by atoms with Gasteiger partial charge in [0.05, 0.1) is 12.5 Å². The lowest BCUT2D eigenvalue weighted by Gasteiger charge is -2.12. The molecule has 132 valence electrons. The van der Waals surface area contributed by atoms with Crippen LogP contribution in [0.3, 0.4) is 0 Å². The van der Waals surface area contributed by atoms with Crippen molar-refractivity contribution in [1.29, 1.82) is 0 Å². The third kappa shape index (κ3) is 7.27. The molecule has 1 heterocycles. The Labute approximate surface area is 154 Å². The van der Waals surface area contributed by atoms with Gasteiger partial charge >= 0.3 is 0 Å². The summed E-state index contributed by atoms with van der Waals surface area (Å²) in [5.74, 6) is -0.0980. The van der Waals surface area contributed by atoms with E-state index in [1.807, 2.05) is 36.4 Å². The zero-order valence-electron chi connectivity index (χ0n) is 13.5. The van der Waals surface area contributed by atoms with E-state index >= 15 is 0 Å². The van der Waals surface area contributed by atoms with E-state index < -0.39 is 0 Å². The second-order valence-electron chi connectivity index (χ2n) is 5.07. The number of nitrogens with two attached hydrogens (primary N) is 1. The van der Waals surface area contributed by atoms with Crippen molar-refractivity contribution in [2.24, 2.45) is 5.73 Å². The Morgan fingerprint density at radius 1 is 1.12 bits per heavy atom. The molecule has 24 heavy (non-hydrogen) atoms. The fraction of sp³-hybridized carbons (Fsp3) is 0.294. The molecule has 0 fully saturated rings. The topological polar surface area (TPSA) is 77.2 Å². The van der Waals surface area contributed by atoms with E-state index in [0.717, 1.165) is 12.1 Å². The van der Waals surface area contributed by atoms with Crippen LogP contribution in [0.2, 0.25) is 0 Å². The number of rotatable bonds is 7. The first-order valence-electron chi connectivity index (χ1n) is 7.22. The first-order chi connectivity index (χ1) is 10.7. The van der Waals surface area contributed by atoms with Crippen LogP contribution in [0.25, 0.3) is 0 Å². The number of nitrogens with zero attached hydrogens (tertiary/aromatic N) is 1. The van der Waals surface area contributed by atoms with Crippen molar-refractivity contribution in [2.75, 3.05) is 19.0 Å². The third-order valence-corrected chi connectivity index (χ3v) is 3.40. The van der Waals surface area contributed by atoms with Crippen molar-refractivity contribution in [3.05, 3.63) is 59.9 Å². The van der Waals surface area contributed by atoms with Gasteiger partial charge in [0, 0.05) is 31.7 Å². The Hall–Kier alpha value is -1.66. The van der Waals surface area contributed by atoms with Crippen LogP contribution in [0.4, 0.5) is 5.69 Å². The summed E-state index contributed by atoms with van der Waals surface area (Å²) in [6, 6.07) is 11.8. The van der Waals surface area contributed by atoms with E-state index in [4.69, 9.17) is 10.5 Å². The Morgan fingerprint density at radius 3 is 2.25 bits per heavy atom. The number of pyridine rings is 1. The minimum absolute atomic E-state index is 0. The predicted molar refractivity (Wildman–Crippen MR) is 101 cm³/mol. The van der Waals surface area contributed by atoms with Crippen LogP contribution >= 0.6 is 24.8 Å². The highest BCUT2D eigenvalue weighted by Crippen LogP contribution is 2.13.